The smallest absolute Gasteiger partial charge is 0.151 e. The van der Waals surface area contributed by atoms with Crippen molar-refractivity contribution >= 4 is 21.6 Å². The monoisotopic (exact) mass is 308 g/mol. The molecule has 0 spiro atoms. The molecule has 0 bridgehead atoms. The van der Waals surface area contributed by atoms with E-state index in [1.807, 2.05) is 18.3 Å². The van der Waals surface area contributed by atoms with Crippen LogP contribution in [0.1, 0.15) is 5.69 Å². The van der Waals surface area contributed by atoms with Crippen molar-refractivity contribution in [1.82, 2.24) is 19.2 Å². The van der Waals surface area contributed by atoms with Crippen LogP contribution in [0.25, 0.3) is 5.65 Å². The third kappa shape index (κ3) is 2.43. The Hall–Kier alpha value is -0.910. The topological polar surface area (TPSA) is 23.8 Å². The van der Waals surface area contributed by atoms with E-state index in [1.54, 1.807) is 0 Å². The van der Waals surface area contributed by atoms with Gasteiger partial charge in [-0.2, -0.15) is 0 Å². The van der Waals surface area contributed by atoms with Crippen LogP contribution in [0, 0.1) is 0 Å². The summed E-state index contributed by atoms with van der Waals surface area (Å²) in [6.45, 7) is 5.51. The average molecular weight is 309 g/mol. The highest BCUT2D eigenvalue weighted by molar-refractivity contribution is 9.10. The maximum absolute atomic E-state index is 4.69. The van der Waals surface area contributed by atoms with Crippen molar-refractivity contribution in [3.05, 3.63) is 34.7 Å². The summed E-state index contributed by atoms with van der Waals surface area (Å²) in [5.41, 5.74) is 2.15. The van der Waals surface area contributed by atoms with Gasteiger partial charge in [0.1, 0.15) is 0 Å². The summed E-state index contributed by atoms with van der Waals surface area (Å²) < 4.78 is 3.13. The molecule has 0 N–H and O–H groups in total. The predicted molar refractivity (Wildman–Crippen MR) is 75.7 cm³/mol. The van der Waals surface area contributed by atoms with E-state index in [-0.39, 0.29) is 0 Å². The molecule has 1 fully saturated rings. The zero-order valence-electron chi connectivity index (χ0n) is 10.5. The molecule has 2 aromatic heterocycles. The van der Waals surface area contributed by atoms with Gasteiger partial charge in [0.2, 0.25) is 0 Å². The van der Waals surface area contributed by atoms with Gasteiger partial charge in [0, 0.05) is 45.1 Å². The zero-order chi connectivity index (χ0) is 12.5. The Kier molecular flexibility index (Phi) is 3.37. The summed E-state index contributed by atoms with van der Waals surface area (Å²) in [5, 5.41) is 0. The van der Waals surface area contributed by atoms with Crippen molar-refractivity contribution < 1.29 is 0 Å². The molecule has 0 aliphatic carbocycles. The molecule has 1 saturated heterocycles. The highest BCUT2D eigenvalue weighted by Crippen LogP contribution is 2.17. The normalized spacial score (nSPS) is 18.6. The fourth-order valence-corrected chi connectivity index (χ4v) is 2.79. The van der Waals surface area contributed by atoms with Crippen LogP contribution in [-0.2, 0) is 6.54 Å². The molecule has 3 rings (SSSR count). The van der Waals surface area contributed by atoms with Gasteiger partial charge >= 0.3 is 0 Å². The molecule has 18 heavy (non-hydrogen) atoms. The molecule has 0 amide bonds. The van der Waals surface area contributed by atoms with Gasteiger partial charge in [-0.3, -0.25) is 4.90 Å². The van der Waals surface area contributed by atoms with Crippen molar-refractivity contribution in [1.29, 1.82) is 0 Å². The molecule has 0 saturated carbocycles. The van der Waals surface area contributed by atoms with Gasteiger partial charge in [-0.1, -0.05) is 0 Å². The van der Waals surface area contributed by atoms with Crippen molar-refractivity contribution in [2.75, 3.05) is 33.2 Å². The molecule has 0 aromatic carbocycles. The first-order valence-corrected chi connectivity index (χ1v) is 7.05. The molecule has 0 unspecified atom stereocenters. The van der Waals surface area contributed by atoms with E-state index < -0.39 is 0 Å². The van der Waals surface area contributed by atoms with Crippen LogP contribution in [0.2, 0.25) is 0 Å². The van der Waals surface area contributed by atoms with E-state index in [4.69, 9.17) is 0 Å². The minimum Gasteiger partial charge on any atom is -0.306 e. The Morgan fingerprint density at radius 1 is 1.28 bits per heavy atom. The number of nitrogens with zero attached hydrogens (tertiary/aromatic N) is 4. The number of aromatic nitrogens is 2. The molecule has 0 radical (unpaired) electrons. The average Bonchev–Trinajstić information content (AvgIpc) is 2.76. The quantitative estimate of drug-likeness (QED) is 0.846. The molecular weight excluding hydrogens is 292 g/mol. The lowest BCUT2D eigenvalue weighted by Gasteiger charge is -2.31. The Bertz CT molecular complexity index is 543. The largest absolute Gasteiger partial charge is 0.306 e. The van der Waals surface area contributed by atoms with Crippen LogP contribution in [0.3, 0.4) is 0 Å². The lowest BCUT2D eigenvalue weighted by molar-refractivity contribution is 0.147. The SMILES string of the molecule is CN1CCN(Cc2cn3cccc(Br)c3n2)CC1. The predicted octanol–water partition coefficient (Wildman–Crippen LogP) is 1.84. The summed E-state index contributed by atoms with van der Waals surface area (Å²) in [4.78, 5) is 9.53. The number of halogens is 1. The highest BCUT2D eigenvalue weighted by Gasteiger charge is 2.15. The lowest BCUT2D eigenvalue weighted by Crippen LogP contribution is -2.43. The van der Waals surface area contributed by atoms with Crippen molar-refractivity contribution in [2.24, 2.45) is 0 Å². The Labute approximate surface area is 115 Å². The zero-order valence-corrected chi connectivity index (χ0v) is 12.1. The third-order valence-electron chi connectivity index (χ3n) is 3.47. The van der Waals surface area contributed by atoms with Crippen molar-refractivity contribution in [3.63, 3.8) is 0 Å². The second kappa shape index (κ2) is 4.99. The summed E-state index contributed by atoms with van der Waals surface area (Å²) in [6, 6.07) is 4.06. The van der Waals surface area contributed by atoms with Crippen LogP contribution < -0.4 is 0 Å². The molecule has 1 aliphatic heterocycles. The minimum absolute atomic E-state index is 0.946. The fourth-order valence-electron chi connectivity index (χ4n) is 2.34. The fraction of sp³-hybridized carbons (Fsp3) is 0.462. The maximum Gasteiger partial charge on any atom is 0.151 e. The summed E-state index contributed by atoms with van der Waals surface area (Å²) in [7, 11) is 2.18. The van der Waals surface area contributed by atoms with Gasteiger partial charge in [-0.05, 0) is 35.1 Å². The third-order valence-corrected chi connectivity index (χ3v) is 4.09. The second-order valence-corrected chi connectivity index (χ2v) is 5.75. The van der Waals surface area contributed by atoms with Crippen LogP contribution >= 0.6 is 15.9 Å². The van der Waals surface area contributed by atoms with Crippen LogP contribution in [0.5, 0.6) is 0 Å². The number of fused-ring (bicyclic) bond motifs is 1. The first-order chi connectivity index (χ1) is 8.72. The summed E-state index contributed by atoms with van der Waals surface area (Å²) >= 11 is 3.54. The van der Waals surface area contributed by atoms with Gasteiger partial charge in [-0.25, -0.2) is 4.98 Å². The number of likely N-dealkylation sites (N-methyl/N-ethyl adjacent to an activating group) is 1. The van der Waals surface area contributed by atoms with E-state index in [1.165, 1.54) is 0 Å². The minimum atomic E-state index is 0.946. The van der Waals surface area contributed by atoms with Gasteiger partial charge in [0.15, 0.2) is 5.65 Å². The first kappa shape index (κ1) is 12.1. The number of imidazole rings is 1. The van der Waals surface area contributed by atoms with E-state index in [2.05, 4.69) is 48.4 Å². The molecular formula is C13H17BrN4. The Morgan fingerprint density at radius 3 is 2.78 bits per heavy atom. The standard InChI is InChI=1S/C13H17BrN4/c1-16-5-7-17(8-6-16)9-11-10-18-4-2-3-12(14)13(18)15-11/h2-4,10H,5-9H2,1H3. The molecule has 0 atom stereocenters. The molecule has 96 valence electrons. The Balaban J connectivity index is 1.77. The molecule has 1 aliphatic rings. The lowest BCUT2D eigenvalue weighted by atomic mass is 10.3. The molecule has 2 aromatic rings. The van der Waals surface area contributed by atoms with E-state index >= 15 is 0 Å². The van der Waals surface area contributed by atoms with Gasteiger partial charge in [0.25, 0.3) is 0 Å². The second-order valence-electron chi connectivity index (χ2n) is 4.90. The van der Waals surface area contributed by atoms with Gasteiger partial charge in [0.05, 0.1) is 10.2 Å². The van der Waals surface area contributed by atoms with E-state index in [0.29, 0.717) is 0 Å². The first-order valence-electron chi connectivity index (χ1n) is 6.25. The van der Waals surface area contributed by atoms with Gasteiger partial charge in [-0.15, -0.1) is 0 Å². The number of rotatable bonds is 2. The molecule has 4 nitrogen and oxygen atoms in total. The highest BCUT2D eigenvalue weighted by atomic mass is 79.9. The molecule has 5 heteroatoms. The molecule has 3 heterocycles. The van der Waals surface area contributed by atoms with E-state index in [9.17, 15) is 0 Å². The van der Waals surface area contributed by atoms with Crippen LogP contribution in [-0.4, -0.2) is 52.4 Å². The number of hydrogen-bond acceptors (Lipinski definition) is 3. The van der Waals surface area contributed by atoms with Crippen LogP contribution in [0.4, 0.5) is 0 Å². The number of piperazine rings is 1. The van der Waals surface area contributed by atoms with Gasteiger partial charge < -0.3 is 9.30 Å². The summed E-state index contributed by atoms with van der Waals surface area (Å²) in [6.07, 6.45) is 4.17. The van der Waals surface area contributed by atoms with E-state index in [0.717, 1.165) is 48.5 Å². The summed E-state index contributed by atoms with van der Waals surface area (Å²) in [5.74, 6) is 0. The maximum atomic E-state index is 4.69. The number of hydrogen-bond donors (Lipinski definition) is 0. The number of pyridine rings is 1. The van der Waals surface area contributed by atoms with Crippen LogP contribution in [0.15, 0.2) is 29.0 Å². The van der Waals surface area contributed by atoms with Crippen molar-refractivity contribution in [3.8, 4) is 0 Å². The Morgan fingerprint density at radius 2 is 2.06 bits per heavy atom. The van der Waals surface area contributed by atoms with Crippen molar-refractivity contribution in [2.45, 2.75) is 6.54 Å².